The van der Waals surface area contributed by atoms with Gasteiger partial charge >= 0.3 is 5.97 Å². The summed E-state index contributed by atoms with van der Waals surface area (Å²) in [6.45, 7) is 3.77. The van der Waals surface area contributed by atoms with Gasteiger partial charge in [0.15, 0.2) is 0 Å². The molecule has 1 aliphatic heterocycles. The molecule has 0 saturated carbocycles. The van der Waals surface area contributed by atoms with Gasteiger partial charge in [-0.15, -0.1) is 0 Å². The second kappa shape index (κ2) is 6.17. The van der Waals surface area contributed by atoms with Gasteiger partial charge in [0.1, 0.15) is 10.6 Å². The van der Waals surface area contributed by atoms with Gasteiger partial charge in [-0.1, -0.05) is 0 Å². The lowest BCUT2D eigenvalue weighted by atomic mass is 10.1. The molecule has 8 heteroatoms. The average Bonchev–Trinajstić information content (AvgIpc) is 2.92. The Balaban J connectivity index is 2.32. The second-order valence-corrected chi connectivity index (χ2v) is 7.15. The Labute approximate surface area is 124 Å². The van der Waals surface area contributed by atoms with Crippen molar-refractivity contribution in [1.82, 2.24) is 14.2 Å². The largest absolute Gasteiger partial charge is 0.477 e. The van der Waals surface area contributed by atoms with E-state index in [4.69, 9.17) is 5.11 Å². The van der Waals surface area contributed by atoms with Crippen molar-refractivity contribution in [2.24, 2.45) is 0 Å². The highest BCUT2D eigenvalue weighted by molar-refractivity contribution is 7.89. The van der Waals surface area contributed by atoms with E-state index in [1.54, 1.807) is 14.0 Å². The van der Waals surface area contributed by atoms with Gasteiger partial charge in [-0.25, -0.2) is 13.2 Å². The van der Waals surface area contributed by atoms with Crippen molar-refractivity contribution >= 4 is 16.0 Å². The maximum Gasteiger partial charge on any atom is 0.352 e. The minimum absolute atomic E-state index is 0.00483. The topological polar surface area (TPSA) is 91.6 Å². The van der Waals surface area contributed by atoms with E-state index < -0.39 is 16.0 Å². The zero-order valence-corrected chi connectivity index (χ0v) is 13.1. The number of carbonyl (C=O) groups is 1. The molecule has 0 unspecified atom stereocenters. The molecule has 118 valence electrons. The molecule has 2 N–H and O–H groups in total. The summed E-state index contributed by atoms with van der Waals surface area (Å²) in [4.78, 5) is 11.2. The first kappa shape index (κ1) is 16.0. The van der Waals surface area contributed by atoms with Gasteiger partial charge in [0.25, 0.3) is 0 Å². The molecule has 2 rings (SSSR count). The number of sulfonamides is 1. The van der Waals surface area contributed by atoms with Gasteiger partial charge in [-0.3, -0.25) is 0 Å². The van der Waals surface area contributed by atoms with Gasteiger partial charge in [0.05, 0.1) is 0 Å². The highest BCUT2D eigenvalue weighted by atomic mass is 32.2. The van der Waals surface area contributed by atoms with Gasteiger partial charge in [-0.2, -0.15) is 4.31 Å². The second-order valence-electron chi connectivity index (χ2n) is 5.15. The van der Waals surface area contributed by atoms with Crippen LogP contribution in [0.2, 0.25) is 0 Å². The first-order valence-corrected chi connectivity index (χ1v) is 8.44. The third-order valence-electron chi connectivity index (χ3n) is 3.93. The normalized spacial score (nSPS) is 17.3. The average molecular weight is 315 g/mol. The summed E-state index contributed by atoms with van der Waals surface area (Å²) in [5, 5.41) is 12.3. The zero-order chi connectivity index (χ0) is 15.6. The predicted molar refractivity (Wildman–Crippen MR) is 77.9 cm³/mol. The van der Waals surface area contributed by atoms with E-state index in [1.165, 1.54) is 21.1 Å². The first-order chi connectivity index (χ1) is 9.87. The fraction of sp³-hybridized carbons (Fsp3) is 0.615. The van der Waals surface area contributed by atoms with Gasteiger partial charge in [0, 0.05) is 25.8 Å². The van der Waals surface area contributed by atoms with Crippen LogP contribution in [-0.2, 0) is 16.6 Å². The third-order valence-corrected chi connectivity index (χ3v) is 5.81. The van der Waals surface area contributed by atoms with Gasteiger partial charge in [-0.05, 0) is 38.9 Å². The van der Waals surface area contributed by atoms with E-state index in [-0.39, 0.29) is 16.6 Å². The molecule has 1 saturated heterocycles. The van der Waals surface area contributed by atoms with E-state index in [9.17, 15) is 13.2 Å². The number of hydrogen-bond donors (Lipinski definition) is 2. The molecule has 0 aromatic carbocycles. The molecule has 0 spiro atoms. The van der Waals surface area contributed by atoms with Crippen LogP contribution in [0.5, 0.6) is 0 Å². The third kappa shape index (κ3) is 3.12. The smallest absolute Gasteiger partial charge is 0.352 e. The van der Waals surface area contributed by atoms with E-state index in [2.05, 4.69) is 5.32 Å². The summed E-state index contributed by atoms with van der Waals surface area (Å²) in [6, 6.07) is 1.19. The van der Waals surface area contributed by atoms with E-state index in [1.807, 2.05) is 0 Å². The van der Waals surface area contributed by atoms with E-state index in [0.717, 1.165) is 25.9 Å². The molecule has 2 heterocycles. The lowest BCUT2D eigenvalue weighted by Gasteiger charge is -2.30. The summed E-state index contributed by atoms with van der Waals surface area (Å²) < 4.78 is 28.1. The maximum absolute atomic E-state index is 12.6. The molecule has 1 aromatic rings. The Morgan fingerprint density at radius 3 is 2.57 bits per heavy atom. The summed E-state index contributed by atoms with van der Waals surface area (Å²) >= 11 is 0. The van der Waals surface area contributed by atoms with E-state index >= 15 is 0 Å². The van der Waals surface area contributed by atoms with E-state index in [0.29, 0.717) is 6.54 Å². The minimum Gasteiger partial charge on any atom is -0.477 e. The highest BCUT2D eigenvalue weighted by Gasteiger charge is 2.30. The van der Waals surface area contributed by atoms with Crippen LogP contribution >= 0.6 is 0 Å². The zero-order valence-electron chi connectivity index (χ0n) is 12.2. The number of rotatable bonds is 5. The number of aromatic carboxylic acids is 1. The van der Waals surface area contributed by atoms with Crippen molar-refractivity contribution in [2.75, 3.05) is 20.1 Å². The lowest BCUT2D eigenvalue weighted by Crippen LogP contribution is -2.43. The molecule has 7 nitrogen and oxygen atoms in total. The number of piperidine rings is 1. The first-order valence-electron chi connectivity index (χ1n) is 7.00. The molecule has 21 heavy (non-hydrogen) atoms. The van der Waals surface area contributed by atoms with Crippen LogP contribution < -0.4 is 5.32 Å². The molecule has 0 atom stereocenters. The van der Waals surface area contributed by atoms with Crippen molar-refractivity contribution in [3.8, 4) is 0 Å². The Hall–Kier alpha value is -1.38. The quantitative estimate of drug-likeness (QED) is 0.829. The van der Waals surface area contributed by atoms with Gasteiger partial charge < -0.3 is 15.0 Å². The molecule has 0 radical (unpaired) electrons. The Bertz CT molecular complexity index is 617. The SMILES string of the molecule is CCn1cc(S(=O)(=O)N(C)C2CCNCC2)cc1C(=O)O. The van der Waals surface area contributed by atoms with Crippen molar-refractivity contribution < 1.29 is 18.3 Å². The van der Waals surface area contributed by atoms with Crippen LogP contribution in [0, 0.1) is 0 Å². The molecular formula is C13H21N3O4S. The monoisotopic (exact) mass is 315 g/mol. The van der Waals surface area contributed by atoms with Crippen LogP contribution in [0.15, 0.2) is 17.2 Å². The summed E-state index contributed by atoms with van der Waals surface area (Å²) in [5.74, 6) is -1.12. The van der Waals surface area contributed by atoms with Crippen molar-refractivity contribution in [2.45, 2.75) is 37.2 Å². The molecule has 1 aromatic heterocycles. The fourth-order valence-corrected chi connectivity index (χ4v) is 4.06. The van der Waals surface area contributed by atoms with Crippen molar-refractivity contribution in [3.05, 3.63) is 18.0 Å². The van der Waals surface area contributed by atoms with Crippen LogP contribution in [-0.4, -0.2) is 54.5 Å². The fourth-order valence-electron chi connectivity index (χ4n) is 2.60. The molecule has 1 fully saturated rings. The summed E-state index contributed by atoms with van der Waals surface area (Å²) in [6.07, 6.45) is 2.92. The van der Waals surface area contributed by atoms with Crippen LogP contribution in [0.25, 0.3) is 0 Å². The summed E-state index contributed by atoms with van der Waals surface area (Å²) in [5.41, 5.74) is -0.00483. The number of aryl methyl sites for hydroxylation is 1. The number of aromatic nitrogens is 1. The Morgan fingerprint density at radius 1 is 1.48 bits per heavy atom. The van der Waals surface area contributed by atoms with Crippen LogP contribution in [0.4, 0.5) is 0 Å². The highest BCUT2D eigenvalue weighted by Crippen LogP contribution is 2.22. The molecule has 0 amide bonds. The number of hydrogen-bond acceptors (Lipinski definition) is 4. The Kier molecular flexibility index (Phi) is 4.70. The standard InChI is InChI=1S/C13H21N3O4S/c1-3-16-9-11(8-12(16)13(17)18)21(19,20)15(2)10-4-6-14-7-5-10/h8-10,14H,3-7H2,1-2H3,(H,17,18). The number of carboxylic acid groups (broad SMARTS) is 1. The maximum atomic E-state index is 12.6. The van der Waals surface area contributed by atoms with Crippen molar-refractivity contribution in [1.29, 1.82) is 0 Å². The number of carboxylic acids is 1. The minimum atomic E-state index is -3.66. The Morgan fingerprint density at radius 2 is 2.10 bits per heavy atom. The molecule has 1 aliphatic rings. The van der Waals surface area contributed by atoms with Gasteiger partial charge in [0.2, 0.25) is 10.0 Å². The van der Waals surface area contributed by atoms with Crippen LogP contribution in [0.1, 0.15) is 30.3 Å². The predicted octanol–water partition coefficient (Wildman–Crippen LogP) is 0.579. The molecular weight excluding hydrogens is 294 g/mol. The molecule has 0 bridgehead atoms. The lowest BCUT2D eigenvalue weighted by molar-refractivity contribution is 0.0685. The molecule has 0 aliphatic carbocycles. The number of nitrogens with zero attached hydrogens (tertiary/aromatic N) is 2. The van der Waals surface area contributed by atoms with Crippen molar-refractivity contribution in [3.63, 3.8) is 0 Å². The van der Waals surface area contributed by atoms with Crippen LogP contribution in [0.3, 0.4) is 0 Å². The number of nitrogens with one attached hydrogen (secondary N) is 1. The summed E-state index contributed by atoms with van der Waals surface area (Å²) in [7, 11) is -2.10.